The summed E-state index contributed by atoms with van der Waals surface area (Å²) in [4.78, 5) is 32.7. The molecule has 0 spiro atoms. The fourth-order valence-electron chi connectivity index (χ4n) is 1.07. The zero-order valence-electron chi connectivity index (χ0n) is 6.72. The molecular formula is C7H10N2O3. The third-order valence-corrected chi connectivity index (χ3v) is 1.79. The molecule has 0 aromatic carbocycles. The standard InChI is InChI=1S/C7H10N2O3/c1-2-4-3-5(10)8-7(12)9-6(4)11/h4H,2-3H2,1H3,(H2,8,9,10,11,12)/t4-/m0/s1. The average molecular weight is 170 g/mol. The maximum Gasteiger partial charge on any atom is 0.328 e. The van der Waals surface area contributed by atoms with Gasteiger partial charge in [-0.2, -0.15) is 0 Å². The van der Waals surface area contributed by atoms with E-state index in [1.807, 2.05) is 5.32 Å². The molecule has 1 atom stereocenters. The Bertz CT molecular complexity index is 237. The minimum atomic E-state index is -0.721. The summed E-state index contributed by atoms with van der Waals surface area (Å²) in [6, 6.07) is -0.721. The minimum Gasteiger partial charge on any atom is -0.278 e. The second-order valence-corrected chi connectivity index (χ2v) is 2.68. The lowest BCUT2D eigenvalue weighted by atomic mass is 10.0. The van der Waals surface area contributed by atoms with Gasteiger partial charge in [0, 0.05) is 12.3 Å². The van der Waals surface area contributed by atoms with Gasteiger partial charge < -0.3 is 0 Å². The zero-order chi connectivity index (χ0) is 9.14. The lowest BCUT2D eigenvalue weighted by Crippen LogP contribution is -2.39. The van der Waals surface area contributed by atoms with Crippen molar-refractivity contribution in [3.05, 3.63) is 0 Å². The number of urea groups is 1. The highest BCUT2D eigenvalue weighted by molar-refractivity contribution is 6.06. The van der Waals surface area contributed by atoms with E-state index in [-0.39, 0.29) is 18.2 Å². The number of amides is 4. The monoisotopic (exact) mass is 170 g/mol. The Morgan fingerprint density at radius 2 is 2.00 bits per heavy atom. The van der Waals surface area contributed by atoms with Crippen LogP contribution in [0.5, 0.6) is 0 Å². The maximum atomic E-state index is 11.1. The van der Waals surface area contributed by atoms with E-state index in [9.17, 15) is 14.4 Å². The molecule has 2 N–H and O–H groups in total. The maximum absolute atomic E-state index is 11.1. The fourth-order valence-corrected chi connectivity index (χ4v) is 1.07. The van der Waals surface area contributed by atoms with Gasteiger partial charge in [0.25, 0.3) is 0 Å². The van der Waals surface area contributed by atoms with E-state index in [1.165, 1.54) is 0 Å². The number of carbonyl (C=O) groups excluding carboxylic acids is 3. The van der Waals surface area contributed by atoms with Crippen LogP contribution in [0.3, 0.4) is 0 Å². The quantitative estimate of drug-likeness (QED) is 0.570. The van der Waals surface area contributed by atoms with Crippen molar-refractivity contribution in [3.8, 4) is 0 Å². The van der Waals surface area contributed by atoms with Crippen molar-refractivity contribution in [3.63, 3.8) is 0 Å². The molecule has 0 saturated carbocycles. The molecule has 0 aromatic rings. The van der Waals surface area contributed by atoms with Gasteiger partial charge >= 0.3 is 6.03 Å². The van der Waals surface area contributed by atoms with E-state index in [4.69, 9.17) is 0 Å². The first-order chi connectivity index (χ1) is 5.63. The van der Waals surface area contributed by atoms with Crippen LogP contribution in [0.15, 0.2) is 0 Å². The predicted octanol–water partition coefficient (Wildman–Crippen LogP) is -0.231. The molecule has 0 aromatic heterocycles. The van der Waals surface area contributed by atoms with Gasteiger partial charge in [-0.05, 0) is 6.42 Å². The summed E-state index contributed by atoms with van der Waals surface area (Å²) >= 11 is 0. The molecule has 0 aliphatic carbocycles. The van der Waals surface area contributed by atoms with Crippen LogP contribution in [0, 0.1) is 5.92 Å². The van der Waals surface area contributed by atoms with E-state index >= 15 is 0 Å². The van der Waals surface area contributed by atoms with Crippen LogP contribution in [0.2, 0.25) is 0 Å². The van der Waals surface area contributed by atoms with E-state index in [0.717, 1.165) is 0 Å². The molecule has 12 heavy (non-hydrogen) atoms. The van der Waals surface area contributed by atoms with E-state index in [0.29, 0.717) is 6.42 Å². The third-order valence-electron chi connectivity index (χ3n) is 1.79. The topological polar surface area (TPSA) is 75.3 Å². The highest BCUT2D eigenvalue weighted by Crippen LogP contribution is 2.09. The summed E-state index contributed by atoms with van der Waals surface area (Å²) in [6.45, 7) is 1.80. The highest BCUT2D eigenvalue weighted by Gasteiger charge is 2.26. The molecule has 4 amide bonds. The van der Waals surface area contributed by atoms with Crippen LogP contribution < -0.4 is 10.6 Å². The molecule has 1 aliphatic rings. The number of imide groups is 2. The average Bonchev–Trinajstić information content (AvgIpc) is 2.09. The molecule has 1 aliphatic heterocycles. The number of hydrogen-bond acceptors (Lipinski definition) is 3. The summed E-state index contributed by atoms with van der Waals surface area (Å²) in [5, 5.41) is 4.09. The molecule has 0 bridgehead atoms. The van der Waals surface area contributed by atoms with Crippen molar-refractivity contribution >= 4 is 17.8 Å². The Morgan fingerprint density at radius 1 is 1.33 bits per heavy atom. The van der Waals surface area contributed by atoms with Crippen LogP contribution in [0.1, 0.15) is 19.8 Å². The number of rotatable bonds is 1. The van der Waals surface area contributed by atoms with Gasteiger partial charge in [-0.25, -0.2) is 4.79 Å². The van der Waals surface area contributed by atoms with Gasteiger partial charge in [0.15, 0.2) is 0 Å². The SMILES string of the molecule is CC[C@H]1CC(=O)NC(=O)NC1=O. The number of carbonyl (C=O) groups is 3. The Morgan fingerprint density at radius 3 is 2.58 bits per heavy atom. The molecule has 1 saturated heterocycles. The summed E-state index contributed by atoms with van der Waals surface area (Å²) in [5.74, 6) is -1.15. The van der Waals surface area contributed by atoms with Crippen LogP contribution >= 0.6 is 0 Å². The van der Waals surface area contributed by atoms with E-state index < -0.39 is 11.9 Å². The molecule has 0 radical (unpaired) electrons. The first kappa shape index (κ1) is 8.70. The van der Waals surface area contributed by atoms with Crippen molar-refractivity contribution in [2.45, 2.75) is 19.8 Å². The summed E-state index contributed by atoms with van der Waals surface area (Å²) in [6.07, 6.45) is 0.653. The van der Waals surface area contributed by atoms with Crippen LogP contribution in [0.4, 0.5) is 4.79 Å². The van der Waals surface area contributed by atoms with Crippen molar-refractivity contribution in [1.82, 2.24) is 10.6 Å². The Kier molecular flexibility index (Phi) is 2.42. The smallest absolute Gasteiger partial charge is 0.278 e. The lowest BCUT2D eigenvalue weighted by Gasteiger charge is -2.05. The molecule has 1 fully saturated rings. The second kappa shape index (κ2) is 3.34. The molecule has 1 rings (SSSR count). The van der Waals surface area contributed by atoms with E-state index in [1.54, 1.807) is 6.92 Å². The van der Waals surface area contributed by atoms with E-state index in [2.05, 4.69) is 5.32 Å². The summed E-state index contributed by atoms with van der Waals surface area (Å²) in [5.41, 5.74) is 0. The number of nitrogens with one attached hydrogen (secondary N) is 2. The minimum absolute atomic E-state index is 0.0913. The predicted molar refractivity (Wildman–Crippen MR) is 40.1 cm³/mol. The lowest BCUT2D eigenvalue weighted by molar-refractivity contribution is -0.127. The Labute approximate surface area is 69.5 Å². The van der Waals surface area contributed by atoms with Crippen molar-refractivity contribution < 1.29 is 14.4 Å². The van der Waals surface area contributed by atoms with Gasteiger partial charge in [-0.15, -0.1) is 0 Å². The highest BCUT2D eigenvalue weighted by atomic mass is 16.2. The first-order valence-electron chi connectivity index (χ1n) is 3.78. The zero-order valence-corrected chi connectivity index (χ0v) is 6.72. The van der Waals surface area contributed by atoms with Gasteiger partial charge in [0.2, 0.25) is 11.8 Å². The van der Waals surface area contributed by atoms with Gasteiger partial charge in [0.05, 0.1) is 0 Å². The molecule has 66 valence electrons. The Balaban J connectivity index is 2.74. The molecule has 0 unspecified atom stereocenters. The van der Waals surface area contributed by atoms with Gasteiger partial charge in [0.1, 0.15) is 0 Å². The molecular weight excluding hydrogens is 160 g/mol. The van der Waals surface area contributed by atoms with Crippen molar-refractivity contribution in [1.29, 1.82) is 0 Å². The molecule has 1 heterocycles. The summed E-state index contributed by atoms with van der Waals surface area (Å²) < 4.78 is 0. The Hall–Kier alpha value is -1.39. The van der Waals surface area contributed by atoms with Crippen LogP contribution in [0.25, 0.3) is 0 Å². The van der Waals surface area contributed by atoms with Crippen LogP contribution in [-0.4, -0.2) is 17.8 Å². The second-order valence-electron chi connectivity index (χ2n) is 2.68. The van der Waals surface area contributed by atoms with Crippen molar-refractivity contribution in [2.24, 2.45) is 5.92 Å². The van der Waals surface area contributed by atoms with Crippen molar-refractivity contribution in [2.75, 3.05) is 0 Å². The fraction of sp³-hybridized carbons (Fsp3) is 0.571. The van der Waals surface area contributed by atoms with Gasteiger partial charge in [-0.3, -0.25) is 20.2 Å². The summed E-state index contributed by atoms with van der Waals surface area (Å²) in [7, 11) is 0. The third kappa shape index (κ3) is 1.81. The normalized spacial score (nSPS) is 24.4. The molecule has 5 heteroatoms. The number of hydrogen-bond donors (Lipinski definition) is 2. The first-order valence-corrected chi connectivity index (χ1v) is 3.78. The largest absolute Gasteiger partial charge is 0.328 e. The van der Waals surface area contributed by atoms with Crippen LogP contribution in [-0.2, 0) is 9.59 Å². The van der Waals surface area contributed by atoms with Gasteiger partial charge in [-0.1, -0.05) is 6.92 Å². The molecule has 5 nitrogen and oxygen atoms in total.